The van der Waals surface area contributed by atoms with Crippen LogP contribution in [0.25, 0.3) is 0 Å². The Morgan fingerprint density at radius 2 is 2.35 bits per heavy atom. The first-order valence-corrected chi connectivity index (χ1v) is 7.06. The van der Waals surface area contributed by atoms with Crippen LogP contribution in [0.5, 0.6) is 0 Å². The molecule has 0 aliphatic rings. The van der Waals surface area contributed by atoms with E-state index in [1.807, 2.05) is 0 Å². The maximum atomic E-state index is 11.8. The largest absolute Gasteiger partial charge is 0.480 e. The number of aliphatic carboxylic acids is 1. The number of hydrogen-bond acceptors (Lipinski definition) is 4. The number of sulfonamides is 1. The van der Waals surface area contributed by atoms with Crippen molar-refractivity contribution in [2.45, 2.75) is 23.1 Å². The summed E-state index contributed by atoms with van der Waals surface area (Å²) in [5.74, 6) is 1.04. The molecule has 92 valence electrons. The Kier molecular flexibility index (Phi) is 4.69. The first-order valence-electron chi connectivity index (χ1n) is 4.69. The van der Waals surface area contributed by atoms with Crippen LogP contribution in [-0.2, 0) is 14.8 Å². The molecule has 0 unspecified atom stereocenters. The SMILES string of the molecule is C#CCC[C@H](NS(=O)(=O)c1cccs1)C(=O)O. The van der Waals surface area contributed by atoms with Crippen LogP contribution in [0.3, 0.4) is 0 Å². The van der Waals surface area contributed by atoms with E-state index in [9.17, 15) is 13.2 Å². The van der Waals surface area contributed by atoms with Gasteiger partial charge in [0.2, 0.25) is 0 Å². The van der Waals surface area contributed by atoms with Gasteiger partial charge in [-0.2, -0.15) is 4.72 Å². The van der Waals surface area contributed by atoms with Gasteiger partial charge in [0.1, 0.15) is 10.3 Å². The molecule has 0 aromatic carbocycles. The normalized spacial score (nSPS) is 12.9. The average molecular weight is 273 g/mol. The van der Waals surface area contributed by atoms with E-state index in [-0.39, 0.29) is 17.1 Å². The lowest BCUT2D eigenvalue weighted by Crippen LogP contribution is -2.40. The van der Waals surface area contributed by atoms with E-state index in [4.69, 9.17) is 11.5 Å². The van der Waals surface area contributed by atoms with E-state index in [1.165, 1.54) is 6.07 Å². The molecule has 5 nitrogen and oxygen atoms in total. The summed E-state index contributed by atoms with van der Waals surface area (Å²) in [5.41, 5.74) is 0. The fourth-order valence-corrected chi connectivity index (χ4v) is 3.36. The Hall–Kier alpha value is -1.36. The van der Waals surface area contributed by atoms with Gasteiger partial charge in [0.25, 0.3) is 10.0 Å². The van der Waals surface area contributed by atoms with Crippen LogP contribution in [0.1, 0.15) is 12.8 Å². The second-order valence-electron chi connectivity index (χ2n) is 3.19. The molecule has 1 atom stereocenters. The predicted octanol–water partition coefficient (Wildman–Crippen LogP) is 0.893. The van der Waals surface area contributed by atoms with Gasteiger partial charge in [-0.05, 0) is 17.9 Å². The molecule has 0 saturated heterocycles. The number of terminal acetylenes is 1. The molecule has 2 N–H and O–H groups in total. The molecule has 0 radical (unpaired) electrons. The smallest absolute Gasteiger partial charge is 0.321 e. The van der Waals surface area contributed by atoms with Gasteiger partial charge >= 0.3 is 5.97 Å². The van der Waals surface area contributed by atoms with Gasteiger partial charge in [-0.25, -0.2) is 8.42 Å². The fraction of sp³-hybridized carbons (Fsp3) is 0.300. The van der Waals surface area contributed by atoms with Gasteiger partial charge in [0.05, 0.1) is 0 Å². The van der Waals surface area contributed by atoms with Crippen LogP contribution in [0.15, 0.2) is 21.7 Å². The number of rotatable bonds is 6. The summed E-state index contributed by atoms with van der Waals surface area (Å²) in [6, 6.07) is 1.79. The van der Waals surface area contributed by atoms with Gasteiger partial charge < -0.3 is 5.11 Å². The molecule has 17 heavy (non-hydrogen) atoms. The zero-order valence-electron chi connectivity index (χ0n) is 8.79. The van der Waals surface area contributed by atoms with E-state index < -0.39 is 22.0 Å². The van der Waals surface area contributed by atoms with E-state index in [2.05, 4.69) is 10.6 Å². The van der Waals surface area contributed by atoms with E-state index in [1.54, 1.807) is 11.4 Å². The molecule has 1 heterocycles. The highest BCUT2D eigenvalue weighted by atomic mass is 32.2. The molecule has 1 aromatic heterocycles. The third-order valence-corrected chi connectivity index (χ3v) is 4.80. The molecular formula is C10H11NO4S2. The molecule has 0 spiro atoms. The average Bonchev–Trinajstić information content (AvgIpc) is 2.77. The number of carbonyl (C=O) groups is 1. The monoisotopic (exact) mass is 273 g/mol. The minimum atomic E-state index is -3.77. The van der Waals surface area contributed by atoms with Gasteiger partial charge in [-0.1, -0.05) is 6.07 Å². The van der Waals surface area contributed by atoms with E-state index in [0.717, 1.165) is 11.3 Å². The van der Waals surface area contributed by atoms with E-state index in [0.29, 0.717) is 0 Å². The number of thiophene rings is 1. The van der Waals surface area contributed by atoms with Crippen molar-refractivity contribution in [1.29, 1.82) is 0 Å². The summed E-state index contributed by atoms with van der Waals surface area (Å²) in [6.45, 7) is 0. The second-order valence-corrected chi connectivity index (χ2v) is 6.08. The van der Waals surface area contributed by atoms with Crippen LogP contribution in [0.2, 0.25) is 0 Å². The molecule has 0 aliphatic heterocycles. The number of nitrogens with one attached hydrogen (secondary N) is 1. The molecule has 1 rings (SSSR count). The van der Waals surface area contributed by atoms with E-state index >= 15 is 0 Å². The lowest BCUT2D eigenvalue weighted by molar-refractivity contribution is -0.139. The van der Waals surface area contributed by atoms with Crippen molar-refractivity contribution < 1.29 is 18.3 Å². The Balaban J connectivity index is 2.81. The number of carboxylic acids is 1. The van der Waals surface area contributed by atoms with Crippen molar-refractivity contribution in [2.75, 3.05) is 0 Å². The summed E-state index contributed by atoms with van der Waals surface area (Å²) >= 11 is 1.02. The van der Waals surface area contributed by atoms with Crippen molar-refractivity contribution >= 4 is 27.3 Å². The van der Waals surface area contributed by atoms with Gasteiger partial charge in [0, 0.05) is 6.42 Å². The minimum Gasteiger partial charge on any atom is -0.480 e. The molecule has 0 aliphatic carbocycles. The first-order chi connectivity index (χ1) is 7.97. The Bertz CT molecular complexity index is 513. The molecule has 1 aromatic rings. The molecular weight excluding hydrogens is 262 g/mol. The lowest BCUT2D eigenvalue weighted by atomic mass is 10.2. The highest BCUT2D eigenvalue weighted by Crippen LogP contribution is 2.16. The zero-order chi connectivity index (χ0) is 12.9. The van der Waals surface area contributed by atoms with Crippen molar-refractivity contribution in [3.63, 3.8) is 0 Å². The fourth-order valence-electron chi connectivity index (χ4n) is 1.12. The van der Waals surface area contributed by atoms with Gasteiger partial charge in [-0.15, -0.1) is 23.7 Å². The summed E-state index contributed by atoms with van der Waals surface area (Å²) < 4.78 is 25.7. The molecule has 7 heteroatoms. The third kappa shape index (κ3) is 3.85. The van der Waals surface area contributed by atoms with Crippen molar-refractivity contribution in [2.24, 2.45) is 0 Å². The summed E-state index contributed by atoms with van der Waals surface area (Å²) in [4.78, 5) is 10.9. The highest BCUT2D eigenvalue weighted by Gasteiger charge is 2.25. The van der Waals surface area contributed by atoms with Crippen LogP contribution in [0, 0.1) is 12.3 Å². The molecule has 0 fully saturated rings. The van der Waals surface area contributed by atoms with Gasteiger partial charge in [-0.3, -0.25) is 4.79 Å². The second kappa shape index (κ2) is 5.82. The number of carboxylic acid groups (broad SMARTS) is 1. The van der Waals surface area contributed by atoms with Crippen molar-refractivity contribution in [3.8, 4) is 12.3 Å². The summed E-state index contributed by atoms with van der Waals surface area (Å²) in [5, 5.41) is 10.5. The number of hydrogen-bond donors (Lipinski definition) is 2. The van der Waals surface area contributed by atoms with Gasteiger partial charge in [0.15, 0.2) is 0 Å². The molecule has 0 amide bonds. The Labute approximate surface area is 104 Å². The van der Waals surface area contributed by atoms with Crippen LogP contribution < -0.4 is 4.72 Å². The minimum absolute atomic E-state index is 0.0659. The zero-order valence-corrected chi connectivity index (χ0v) is 10.4. The lowest BCUT2D eigenvalue weighted by Gasteiger charge is -2.12. The summed E-state index contributed by atoms with van der Waals surface area (Å²) in [6.07, 6.45) is 5.28. The Morgan fingerprint density at radius 3 is 2.82 bits per heavy atom. The molecule has 0 bridgehead atoms. The topological polar surface area (TPSA) is 83.5 Å². The van der Waals surface area contributed by atoms with Crippen LogP contribution >= 0.6 is 11.3 Å². The first kappa shape index (κ1) is 13.7. The molecule has 0 saturated carbocycles. The van der Waals surface area contributed by atoms with Crippen LogP contribution in [-0.4, -0.2) is 25.5 Å². The maximum absolute atomic E-state index is 11.8. The standard InChI is InChI=1S/C10H11NO4S2/c1-2-3-5-8(10(12)13)11-17(14,15)9-6-4-7-16-9/h1,4,6-8,11H,3,5H2,(H,12,13)/t8-/m0/s1. The summed E-state index contributed by atoms with van der Waals surface area (Å²) in [7, 11) is -3.77. The quantitative estimate of drug-likeness (QED) is 0.754. The van der Waals surface area contributed by atoms with Crippen LogP contribution in [0.4, 0.5) is 0 Å². The Morgan fingerprint density at radius 1 is 1.65 bits per heavy atom. The maximum Gasteiger partial charge on any atom is 0.321 e. The third-order valence-electron chi connectivity index (χ3n) is 1.93. The van der Waals surface area contributed by atoms with Crippen molar-refractivity contribution in [3.05, 3.63) is 17.5 Å². The highest BCUT2D eigenvalue weighted by molar-refractivity contribution is 7.91. The predicted molar refractivity (Wildman–Crippen MR) is 64.1 cm³/mol. The van der Waals surface area contributed by atoms with Crippen molar-refractivity contribution in [1.82, 2.24) is 4.72 Å².